The molecule has 38 heavy (non-hydrogen) atoms. The quantitative estimate of drug-likeness (QED) is 0.293. The summed E-state index contributed by atoms with van der Waals surface area (Å²) in [7, 11) is 0. The van der Waals surface area contributed by atoms with Crippen LogP contribution in [0.15, 0.2) is 103 Å². The molecule has 0 aromatic heterocycles. The Morgan fingerprint density at radius 1 is 0.684 bits per heavy atom. The number of carbonyl (C=O) groups excluding carboxylic acids is 1. The lowest BCUT2D eigenvalue weighted by molar-refractivity contribution is 0.0986. The average molecular weight is 506 g/mol. The van der Waals surface area contributed by atoms with Crippen molar-refractivity contribution in [2.45, 2.75) is 17.7 Å². The number of amides is 1. The maximum Gasteiger partial charge on any atom is 0.260 e. The number of epoxide rings is 2. The van der Waals surface area contributed by atoms with E-state index in [0.29, 0.717) is 18.8 Å². The number of carbonyl (C=O) groups is 1. The van der Waals surface area contributed by atoms with Gasteiger partial charge in [-0.05, 0) is 59.2 Å². The van der Waals surface area contributed by atoms with E-state index in [4.69, 9.17) is 18.9 Å². The second-order valence-electron chi connectivity index (χ2n) is 9.81. The van der Waals surface area contributed by atoms with Gasteiger partial charge >= 0.3 is 0 Å². The summed E-state index contributed by atoms with van der Waals surface area (Å²) in [5.41, 5.74) is 3.50. The van der Waals surface area contributed by atoms with Crippen molar-refractivity contribution in [3.8, 4) is 11.5 Å². The maximum absolute atomic E-state index is 14.1. The molecule has 2 unspecified atom stereocenters. The Kier molecular flexibility index (Phi) is 5.64. The molecule has 4 aromatic rings. The van der Waals surface area contributed by atoms with Crippen LogP contribution in [0.25, 0.3) is 0 Å². The summed E-state index contributed by atoms with van der Waals surface area (Å²) < 4.78 is 22.4. The standard InChI is InChI=1S/C32H27NO5/c34-31-29-8-4-5-9-30(29)32(33(31)24-6-2-1-3-7-24,22-10-14-25(15-11-22)35-18-27-20-37-27)23-12-16-26(17-13-23)36-19-28-21-38-28/h1-17,27-28H,18-21H2/t27-,28?,32?/m0/s1. The molecule has 0 radical (unpaired) electrons. The van der Waals surface area contributed by atoms with Crippen LogP contribution in [0.3, 0.4) is 0 Å². The first-order valence-corrected chi connectivity index (χ1v) is 12.9. The minimum Gasteiger partial charge on any atom is -0.491 e. The smallest absolute Gasteiger partial charge is 0.260 e. The molecule has 0 spiro atoms. The third-order valence-electron chi connectivity index (χ3n) is 7.32. The minimum absolute atomic E-state index is 0.0378. The second kappa shape index (κ2) is 9.31. The van der Waals surface area contributed by atoms with Crippen molar-refractivity contribution in [1.82, 2.24) is 0 Å². The molecule has 0 N–H and O–H groups in total. The zero-order valence-corrected chi connectivity index (χ0v) is 20.8. The fraction of sp³-hybridized carbons (Fsp3) is 0.219. The van der Waals surface area contributed by atoms with E-state index in [1.165, 1.54) is 0 Å². The number of fused-ring (bicyclic) bond motifs is 1. The summed E-state index contributed by atoms with van der Waals surface area (Å²) in [6.07, 6.45) is 0.363. The van der Waals surface area contributed by atoms with E-state index in [9.17, 15) is 4.79 Å². The SMILES string of the molecule is O=C1c2ccccc2C(c2ccc(OCC3CO3)cc2)(c2ccc(OC[C@H]3CO3)cc2)N1c1ccccc1. The lowest BCUT2D eigenvalue weighted by atomic mass is 9.76. The summed E-state index contributed by atoms with van der Waals surface area (Å²) >= 11 is 0. The first kappa shape index (κ1) is 23.0. The van der Waals surface area contributed by atoms with E-state index in [1.54, 1.807) is 0 Å². The zero-order chi connectivity index (χ0) is 25.5. The fourth-order valence-electron chi connectivity index (χ4n) is 5.29. The number of nitrogens with zero attached hydrogens (tertiary/aromatic N) is 1. The lowest BCUT2D eigenvalue weighted by Crippen LogP contribution is -2.46. The topological polar surface area (TPSA) is 63.8 Å². The van der Waals surface area contributed by atoms with E-state index >= 15 is 0 Å². The molecule has 3 atom stereocenters. The van der Waals surface area contributed by atoms with Crippen molar-refractivity contribution >= 4 is 11.6 Å². The van der Waals surface area contributed by atoms with Gasteiger partial charge in [-0.15, -0.1) is 0 Å². The number of benzene rings is 4. The van der Waals surface area contributed by atoms with Crippen LogP contribution in [0.4, 0.5) is 5.69 Å². The third-order valence-corrected chi connectivity index (χ3v) is 7.32. The number of hydrogen-bond acceptors (Lipinski definition) is 5. The molecule has 190 valence electrons. The number of rotatable bonds is 9. The van der Waals surface area contributed by atoms with Crippen LogP contribution in [-0.4, -0.2) is 44.5 Å². The molecule has 3 aliphatic heterocycles. The van der Waals surface area contributed by atoms with Crippen LogP contribution in [0.5, 0.6) is 11.5 Å². The van der Waals surface area contributed by atoms with E-state index < -0.39 is 5.54 Å². The van der Waals surface area contributed by atoms with Crippen LogP contribution in [0, 0.1) is 0 Å². The van der Waals surface area contributed by atoms with E-state index in [0.717, 1.165) is 47.1 Å². The molecule has 3 aliphatic rings. The van der Waals surface area contributed by atoms with Crippen molar-refractivity contribution in [3.63, 3.8) is 0 Å². The Hall–Kier alpha value is -4.13. The molecule has 6 nitrogen and oxygen atoms in total. The van der Waals surface area contributed by atoms with E-state index in [1.807, 2.05) is 77.7 Å². The summed E-state index contributed by atoms with van der Waals surface area (Å²) in [4.78, 5) is 16.0. The van der Waals surface area contributed by atoms with Gasteiger partial charge in [-0.25, -0.2) is 0 Å². The van der Waals surface area contributed by atoms with Gasteiger partial charge in [-0.1, -0.05) is 60.7 Å². The summed E-state index contributed by atoms with van der Waals surface area (Å²) in [6.45, 7) is 2.57. The molecule has 0 saturated carbocycles. The Labute approximate surface area is 221 Å². The molecule has 3 heterocycles. The highest BCUT2D eigenvalue weighted by molar-refractivity contribution is 6.13. The average Bonchev–Trinajstić information content (AvgIpc) is 3.91. The summed E-state index contributed by atoms with van der Waals surface area (Å²) in [6, 6.07) is 33.9. The summed E-state index contributed by atoms with van der Waals surface area (Å²) in [5, 5.41) is 0. The Bertz CT molecular complexity index is 1380. The minimum atomic E-state index is -0.884. The van der Waals surface area contributed by atoms with Crippen molar-refractivity contribution in [3.05, 3.63) is 125 Å². The second-order valence-corrected chi connectivity index (χ2v) is 9.81. The summed E-state index contributed by atoms with van der Waals surface area (Å²) in [5.74, 6) is 1.51. The normalized spacial score (nSPS) is 23.2. The molecular formula is C32H27NO5. The van der Waals surface area contributed by atoms with Crippen molar-refractivity contribution < 1.29 is 23.7 Å². The first-order chi connectivity index (χ1) is 18.7. The lowest BCUT2D eigenvalue weighted by Gasteiger charge is -2.40. The van der Waals surface area contributed by atoms with Gasteiger partial charge in [0, 0.05) is 11.3 Å². The molecule has 4 aromatic carbocycles. The Morgan fingerprint density at radius 2 is 1.18 bits per heavy atom. The van der Waals surface area contributed by atoms with Gasteiger partial charge in [0.1, 0.15) is 42.5 Å². The molecule has 2 saturated heterocycles. The van der Waals surface area contributed by atoms with Crippen LogP contribution >= 0.6 is 0 Å². The molecule has 6 heteroatoms. The predicted molar refractivity (Wildman–Crippen MR) is 143 cm³/mol. The highest BCUT2D eigenvalue weighted by atomic mass is 16.6. The molecule has 2 fully saturated rings. The first-order valence-electron chi connectivity index (χ1n) is 12.9. The molecule has 7 rings (SSSR count). The van der Waals surface area contributed by atoms with Crippen LogP contribution < -0.4 is 14.4 Å². The van der Waals surface area contributed by atoms with Gasteiger partial charge in [0.25, 0.3) is 5.91 Å². The van der Waals surface area contributed by atoms with Gasteiger partial charge in [-0.3, -0.25) is 9.69 Å². The largest absolute Gasteiger partial charge is 0.491 e. The van der Waals surface area contributed by atoms with Gasteiger partial charge in [0.15, 0.2) is 0 Å². The number of para-hydroxylation sites is 1. The fourth-order valence-corrected chi connectivity index (χ4v) is 5.29. The van der Waals surface area contributed by atoms with Gasteiger partial charge in [-0.2, -0.15) is 0 Å². The van der Waals surface area contributed by atoms with Crippen molar-refractivity contribution in [2.24, 2.45) is 0 Å². The highest BCUT2D eigenvalue weighted by Crippen LogP contribution is 2.51. The molecule has 0 bridgehead atoms. The highest BCUT2D eigenvalue weighted by Gasteiger charge is 2.52. The van der Waals surface area contributed by atoms with Crippen LogP contribution in [-0.2, 0) is 15.0 Å². The van der Waals surface area contributed by atoms with Crippen LogP contribution in [0.2, 0.25) is 0 Å². The van der Waals surface area contributed by atoms with Crippen LogP contribution in [0.1, 0.15) is 27.0 Å². The molecule has 1 amide bonds. The number of anilines is 1. The van der Waals surface area contributed by atoms with Gasteiger partial charge in [0.05, 0.1) is 13.2 Å². The van der Waals surface area contributed by atoms with Crippen molar-refractivity contribution in [2.75, 3.05) is 31.3 Å². The molecular weight excluding hydrogens is 478 g/mol. The van der Waals surface area contributed by atoms with Gasteiger partial charge in [0.2, 0.25) is 0 Å². The number of ether oxygens (including phenoxy) is 4. The van der Waals surface area contributed by atoms with E-state index in [-0.39, 0.29) is 18.1 Å². The third kappa shape index (κ3) is 4.02. The van der Waals surface area contributed by atoms with E-state index in [2.05, 4.69) is 30.3 Å². The van der Waals surface area contributed by atoms with Gasteiger partial charge < -0.3 is 18.9 Å². The Balaban J connectivity index is 1.38. The van der Waals surface area contributed by atoms with Crippen molar-refractivity contribution in [1.29, 1.82) is 0 Å². The zero-order valence-electron chi connectivity index (χ0n) is 20.8. The molecule has 0 aliphatic carbocycles. The maximum atomic E-state index is 14.1. The number of hydrogen-bond donors (Lipinski definition) is 0. The predicted octanol–water partition coefficient (Wildman–Crippen LogP) is 5.19. The monoisotopic (exact) mass is 505 g/mol. The Morgan fingerprint density at radius 3 is 1.71 bits per heavy atom.